The van der Waals surface area contributed by atoms with Gasteiger partial charge in [-0.15, -0.1) is 4.99 Å². The number of nitrogens with zero attached hydrogens (tertiary/aromatic N) is 2. The van der Waals surface area contributed by atoms with Crippen molar-refractivity contribution in [1.82, 2.24) is 10.2 Å². The molecule has 2 aromatic rings. The van der Waals surface area contributed by atoms with Gasteiger partial charge in [-0.2, -0.15) is 0 Å². The molecule has 0 radical (unpaired) electrons. The molecule has 0 atom stereocenters. The molecule has 8 heteroatoms. The maximum atomic E-state index is 11.8. The van der Waals surface area contributed by atoms with Crippen molar-refractivity contribution in [3.63, 3.8) is 0 Å². The predicted octanol–water partition coefficient (Wildman–Crippen LogP) is 1.99. The van der Waals surface area contributed by atoms with Gasteiger partial charge in [-0.3, -0.25) is 15.0 Å². The molecule has 0 bridgehead atoms. The molecule has 8 nitrogen and oxygen atoms in total. The molecule has 2 N–H and O–H groups in total. The number of amides is 4. The van der Waals surface area contributed by atoms with Crippen LogP contribution in [-0.4, -0.2) is 41.2 Å². The Hall–Kier alpha value is -3.90. The van der Waals surface area contributed by atoms with E-state index < -0.39 is 17.8 Å². The maximum Gasteiger partial charge on any atom is 0.330 e. The van der Waals surface area contributed by atoms with E-state index in [1.807, 2.05) is 0 Å². The average Bonchev–Trinajstić information content (AvgIpc) is 3.01. The van der Waals surface area contributed by atoms with Gasteiger partial charge in [-0.05, 0) is 24.3 Å². The Labute approximate surface area is 148 Å². The summed E-state index contributed by atoms with van der Waals surface area (Å²) in [5, 5.41) is 9.85. The fourth-order valence-electron chi connectivity index (χ4n) is 2.05. The molecule has 0 unspecified atom stereocenters. The number of carbonyl (C=O) groups excluding carboxylic acids is 4. The second-order valence-corrected chi connectivity index (χ2v) is 4.99. The maximum absolute atomic E-state index is 11.8. The first-order chi connectivity index (χ1) is 12.5. The van der Waals surface area contributed by atoms with Crippen molar-refractivity contribution in [2.75, 3.05) is 6.54 Å². The van der Waals surface area contributed by atoms with E-state index in [1.165, 1.54) is 6.08 Å². The van der Waals surface area contributed by atoms with Gasteiger partial charge in [-0.1, -0.05) is 36.4 Å². The third kappa shape index (κ3) is 4.56. The van der Waals surface area contributed by atoms with E-state index in [9.17, 15) is 19.2 Å². The number of amidine groups is 1. The van der Waals surface area contributed by atoms with Gasteiger partial charge in [-0.25, -0.2) is 14.5 Å². The van der Waals surface area contributed by atoms with Crippen LogP contribution in [0.15, 0.2) is 65.7 Å². The lowest BCUT2D eigenvalue weighted by molar-refractivity contribution is 0.0880. The van der Waals surface area contributed by atoms with Crippen molar-refractivity contribution in [2.24, 2.45) is 4.99 Å². The molecule has 4 amide bonds. The van der Waals surface area contributed by atoms with Gasteiger partial charge in [0, 0.05) is 11.1 Å². The number of rotatable bonds is 2. The van der Waals surface area contributed by atoms with Gasteiger partial charge in [0.15, 0.2) is 0 Å². The molecular weight excluding hydrogens is 336 g/mol. The normalized spacial score (nSPS) is 12.4. The van der Waals surface area contributed by atoms with Crippen LogP contribution < -0.4 is 5.32 Å². The number of imide groups is 1. The SMILES string of the molecule is N=C1CNC(=O)N1C(=O)c1ccccc1.O=C=NC(=O)c1ccccc1. The molecule has 0 aromatic heterocycles. The first-order valence-electron chi connectivity index (χ1n) is 7.46. The van der Waals surface area contributed by atoms with Crippen LogP contribution in [0, 0.1) is 5.41 Å². The van der Waals surface area contributed by atoms with E-state index in [2.05, 4.69) is 10.3 Å². The molecule has 2 aromatic carbocycles. The summed E-state index contributed by atoms with van der Waals surface area (Å²) in [5.41, 5.74) is 0.801. The Morgan fingerprint density at radius 1 is 1.00 bits per heavy atom. The van der Waals surface area contributed by atoms with E-state index in [0.29, 0.717) is 11.1 Å². The van der Waals surface area contributed by atoms with Crippen LogP contribution in [0.4, 0.5) is 4.79 Å². The second-order valence-electron chi connectivity index (χ2n) is 4.99. The summed E-state index contributed by atoms with van der Waals surface area (Å²) in [6.07, 6.45) is 1.19. The van der Waals surface area contributed by atoms with Gasteiger partial charge in [0.25, 0.3) is 11.8 Å². The molecule has 26 heavy (non-hydrogen) atoms. The number of nitrogens with one attached hydrogen (secondary N) is 2. The average molecular weight is 350 g/mol. The van der Waals surface area contributed by atoms with Crippen LogP contribution in [0.2, 0.25) is 0 Å². The van der Waals surface area contributed by atoms with Crippen molar-refractivity contribution in [3.8, 4) is 0 Å². The summed E-state index contributed by atoms with van der Waals surface area (Å²) in [4.78, 5) is 47.3. The van der Waals surface area contributed by atoms with Crippen LogP contribution in [0.5, 0.6) is 0 Å². The zero-order valence-electron chi connectivity index (χ0n) is 13.5. The van der Waals surface area contributed by atoms with Crippen LogP contribution in [0.3, 0.4) is 0 Å². The fourth-order valence-corrected chi connectivity index (χ4v) is 2.05. The van der Waals surface area contributed by atoms with Gasteiger partial charge < -0.3 is 5.32 Å². The zero-order valence-corrected chi connectivity index (χ0v) is 13.5. The summed E-state index contributed by atoms with van der Waals surface area (Å²) in [5.74, 6) is -1.04. The molecular formula is C18H14N4O4. The Bertz CT molecular complexity index is 859. The second kappa shape index (κ2) is 8.81. The molecule has 130 valence electrons. The van der Waals surface area contributed by atoms with Crippen molar-refractivity contribution >= 4 is 29.8 Å². The highest BCUT2D eigenvalue weighted by Gasteiger charge is 2.31. The first-order valence-corrected chi connectivity index (χ1v) is 7.46. The van der Waals surface area contributed by atoms with Gasteiger partial charge >= 0.3 is 6.03 Å². The lowest BCUT2D eigenvalue weighted by Gasteiger charge is -2.11. The summed E-state index contributed by atoms with van der Waals surface area (Å²) in [6, 6.07) is 16.3. The number of hydrogen-bond donors (Lipinski definition) is 2. The summed E-state index contributed by atoms with van der Waals surface area (Å²) < 4.78 is 0. The highest BCUT2D eigenvalue weighted by atomic mass is 16.2. The molecule has 1 fully saturated rings. The zero-order chi connectivity index (χ0) is 18.9. The largest absolute Gasteiger partial charge is 0.330 e. The van der Waals surface area contributed by atoms with Crippen LogP contribution in [0.1, 0.15) is 20.7 Å². The first kappa shape index (κ1) is 18.4. The lowest BCUT2D eigenvalue weighted by atomic mass is 10.2. The minimum Gasteiger partial charge on any atom is -0.330 e. The summed E-state index contributed by atoms with van der Waals surface area (Å²) >= 11 is 0. The molecule has 0 spiro atoms. The Kier molecular flexibility index (Phi) is 6.25. The number of urea groups is 1. The molecule has 3 rings (SSSR count). The molecule has 1 heterocycles. The standard InChI is InChI=1S/C10H9N3O2.C8H5NO2/c11-8-6-12-10(15)13(8)9(14)7-4-2-1-3-5-7;10-6-9-8(11)7-4-2-1-3-5-7/h1-5,11H,6H2,(H,12,15);1-5H. The van der Waals surface area contributed by atoms with E-state index in [0.717, 1.165) is 4.90 Å². The number of hydrogen-bond acceptors (Lipinski definition) is 5. The van der Waals surface area contributed by atoms with Crippen molar-refractivity contribution in [3.05, 3.63) is 71.8 Å². The topological polar surface area (TPSA) is 120 Å². The van der Waals surface area contributed by atoms with Crippen LogP contribution in [0.25, 0.3) is 0 Å². The highest BCUT2D eigenvalue weighted by molar-refractivity contribution is 6.20. The minimum atomic E-state index is -0.555. The van der Waals surface area contributed by atoms with E-state index in [4.69, 9.17) is 5.41 Å². The Balaban J connectivity index is 0.000000197. The summed E-state index contributed by atoms with van der Waals surface area (Å²) in [6.45, 7) is 0.109. The van der Waals surface area contributed by atoms with E-state index >= 15 is 0 Å². The van der Waals surface area contributed by atoms with Crippen LogP contribution in [-0.2, 0) is 4.79 Å². The Morgan fingerprint density at radius 2 is 1.54 bits per heavy atom. The van der Waals surface area contributed by atoms with Crippen molar-refractivity contribution < 1.29 is 19.2 Å². The third-order valence-electron chi connectivity index (χ3n) is 3.27. The van der Waals surface area contributed by atoms with E-state index in [1.54, 1.807) is 60.7 Å². The smallest absolute Gasteiger partial charge is 0.330 e. The minimum absolute atomic E-state index is 0.0196. The third-order valence-corrected chi connectivity index (χ3v) is 3.27. The fraction of sp³-hybridized carbons (Fsp3) is 0.0556. The molecule has 1 saturated heterocycles. The molecule has 0 aliphatic carbocycles. The number of carbonyl (C=O) groups is 3. The molecule has 1 aliphatic heterocycles. The van der Waals surface area contributed by atoms with E-state index in [-0.39, 0.29) is 12.4 Å². The van der Waals surface area contributed by atoms with Gasteiger partial charge in [0.2, 0.25) is 6.08 Å². The lowest BCUT2D eigenvalue weighted by Crippen LogP contribution is -2.36. The highest BCUT2D eigenvalue weighted by Crippen LogP contribution is 2.08. The van der Waals surface area contributed by atoms with Crippen LogP contribution >= 0.6 is 0 Å². The number of aliphatic imine (C=N–C) groups is 1. The monoisotopic (exact) mass is 350 g/mol. The predicted molar refractivity (Wildman–Crippen MR) is 92.6 cm³/mol. The number of benzene rings is 2. The van der Waals surface area contributed by atoms with Gasteiger partial charge in [0.05, 0.1) is 6.54 Å². The van der Waals surface area contributed by atoms with Crippen molar-refractivity contribution in [1.29, 1.82) is 5.41 Å². The van der Waals surface area contributed by atoms with Gasteiger partial charge in [0.1, 0.15) is 5.84 Å². The number of isocyanates is 1. The Morgan fingerprint density at radius 3 is 2.00 bits per heavy atom. The molecule has 1 aliphatic rings. The van der Waals surface area contributed by atoms with Crippen molar-refractivity contribution in [2.45, 2.75) is 0 Å². The quantitative estimate of drug-likeness (QED) is 0.635. The molecule has 0 saturated carbocycles. The summed E-state index contributed by atoms with van der Waals surface area (Å²) in [7, 11) is 0.